The van der Waals surface area contributed by atoms with Crippen LogP contribution in [0.3, 0.4) is 0 Å². The van der Waals surface area contributed by atoms with Gasteiger partial charge in [-0.1, -0.05) is 12.1 Å². The highest BCUT2D eigenvalue weighted by atomic mass is 19.4. The van der Waals surface area contributed by atoms with Crippen molar-refractivity contribution in [3.8, 4) is 11.8 Å². The molecule has 1 aromatic rings. The van der Waals surface area contributed by atoms with Gasteiger partial charge in [-0.15, -0.1) is 0 Å². The molecule has 1 unspecified atom stereocenters. The van der Waals surface area contributed by atoms with E-state index in [1.807, 2.05) is 0 Å². The van der Waals surface area contributed by atoms with Crippen LogP contribution in [0, 0.1) is 11.3 Å². The lowest BCUT2D eigenvalue weighted by Crippen LogP contribution is -2.18. The highest BCUT2D eigenvalue weighted by molar-refractivity contribution is 5.32. The van der Waals surface area contributed by atoms with Crippen LogP contribution in [0.15, 0.2) is 24.3 Å². The van der Waals surface area contributed by atoms with Gasteiger partial charge in [-0.25, -0.2) is 0 Å². The van der Waals surface area contributed by atoms with Gasteiger partial charge in [-0.05, 0) is 17.7 Å². The maximum Gasteiger partial charge on any atom is 0.408 e. The van der Waals surface area contributed by atoms with Gasteiger partial charge < -0.3 is 5.11 Å². The van der Waals surface area contributed by atoms with Gasteiger partial charge in [0.15, 0.2) is 5.92 Å². The Morgan fingerprint density at radius 3 is 2.07 bits per heavy atom. The number of phenolic OH excluding ortho intramolecular Hbond substituents is 1. The van der Waals surface area contributed by atoms with Crippen molar-refractivity contribution in [2.45, 2.75) is 12.1 Å². The quantitative estimate of drug-likeness (QED) is 0.758. The standard InChI is InChI=1S/C9H6F3NO/c10-9(11,12)8(5-13)6-1-3-7(14)4-2-6/h1-4,8,14H. The summed E-state index contributed by atoms with van der Waals surface area (Å²) in [6.07, 6.45) is -4.58. The molecule has 0 saturated carbocycles. The Morgan fingerprint density at radius 2 is 1.71 bits per heavy atom. The van der Waals surface area contributed by atoms with Crippen molar-refractivity contribution in [1.29, 1.82) is 5.26 Å². The zero-order valence-electron chi connectivity index (χ0n) is 6.92. The molecule has 0 saturated heterocycles. The van der Waals surface area contributed by atoms with Crippen molar-refractivity contribution in [1.82, 2.24) is 0 Å². The number of phenols is 1. The Labute approximate surface area is 78.2 Å². The summed E-state index contributed by atoms with van der Waals surface area (Å²) in [5.41, 5.74) is -0.169. The second-order valence-electron chi connectivity index (χ2n) is 2.70. The number of nitriles is 1. The molecule has 0 aromatic heterocycles. The third kappa shape index (κ3) is 2.16. The Kier molecular flexibility index (Phi) is 2.65. The molecule has 5 heteroatoms. The van der Waals surface area contributed by atoms with E-state index >= 15 is 0 Å². The predicted octanol–water partition coefficient (Wildman–Crippen LogP) is 2.56. The molecule has 14 heavy (non-hydrogen) atoms. The zero-order valence-corrected chi connectivity index (χ0v) is 6.92. The van der Waals surface area contributed by atoms with Crippen molar-refractivity contribution in [2.75, 3.05) is 0 Å². The average Bonchev–Trinajstić information content (AvgIpc) is 2.07. The number of hydrogen-bond acceptors (Lipinski definition) is 2. The number of halogens is 3. The van der Waals surface area contributed by atoms with Crippen molar-refractivity contribution >= 4 is 0 Å². The fourth-order valence-corrected chi connectivity index (χ4v) is 1.00. The Bertz CT molecular complexity index is 350. The third-order valence-corrected chi connectivity index (χ3v) is 1.68. The van der Waals surface area contributed by atoms with Gasteiger partial charge >= 0.3 is 6.18 Å². The topological polar surface area (TPSA) is 44.0 Å². The van der Waals surface area contributed by atoms with Crippen LogP contribution in [0.5, 0.6) is 5.75 Å². The minimum atomic E-state index is -4.58. The molecular formula is C9H6F3NO. The minimum Gasteiger partial charge on any atom is -0.508 e. The van der Waals surface area contributed by atoms with Gasteiger partial charge in [0.2, 0.25) is 0 Å². The summed E-state index contributed by atoms with van der Waals surface area (Å²) in [6.45, 7) is 0. The molecule has 0 spiro atoms. The summed E-state index contributed by atoms with van der Waals surface area (Å²) in [5, 5.41) is 17.2. The van der Waals surface area contributed by atoms with Crippen LogP contribution in [0.1, 0.15) is 11.5 Å². The highest BCUT2D eigenvalue weighted by Crippen LogP contribution is 2.34. The number of benzene rings is 1. The number of aromatic hydroxyl groups is 1. The lowest BCUT2D eigenvalue weighted by atomic mass is 10.0. The maximum atomic E-state index is 12.2. The highest BCUT2D eigenvalue weighted by Gasteiger charge is 2.40. The van der Waals surface area contributed by atoms with Gasteiger partial charge in [0.25, 0.3) is 0 Å². The molecule has 0 aliphatic heterocycles. The summed E-state index contributed by atoms with van der Waals surface area (Å²) in [4.78, 5) is 0. The molecule has 1 rings (SSSR count). The smallest absolute Gasteiger partial charge is 0.408 e. The molecule has 0 heterocycles. The lowest BCUT2D eigenvalue weighted by Gasteiger charge is -2.12. The van der Waals surface area contributed by atoms with Crippen LogP contribution < -0.4 is 0 Å². The molecular weight excluding hydrogens is 195 g/mol. The van der Waals surface area contributed by atoms with E-state index in [1.54, 1.807) is 0 Å². The van der Waals surface area contributed by atoms with E-state index in [1.165, 1.54) is 6.07 Å². The third-order valence-electron chi connectivity index (χ3n) is 1.68. The van der Waals surface area contributed by atoms with Gasteiger partial charge in [-0.2, -0.15) is 18.4 Å². The van der Waals surface area contributed by atoms with Crippen LogP contribution in [-0.2, 0) is 0 Å². The van der Waals surface area contributed by atoms with Gasteiger partial charge in [0.1, 0.15) is 5.75 Å². The lowest BCUT2D eigenvalue weighted by molar-refractivity contribution is -0.137. The second kappa shape index (κ2) is 3.58. The first-order chi connectivity index (χ1) is 6.45. The summed E-state index contributed by atoms with van der Waals surface area (Å²) >= 11 is 0. The molecule has 2 nitrogen and oxygen atoms in total. The summed E-state index contributed by atoms with van der Waals surface area (Å²) in [6, 6.07) is 5.56. The Morgan fingerprint density at radius 1 is 1.21 bits per heavy atom. The monoisotopic (exact) mass is 201 g/mol. The SMILES string of the molecule is N#CC(c1ccc(O)cc1)C(F)(F)F. The first-order valence-electron chi connectivity index (χ1n) is 3.70. The number of alkyl halides is 3. The van der Waals surface area contributed by atoms with Crippen LogP contribution in [0.2, 0.25) is 0 Å². The van der Waals surface area contributed by atoms with Gasteiger partial charge in [0.05, 0.1) is 6.07 Å². The minimum absolute atomic E-state index is 0.132. The van der Waals surface area contributed by atoms with E-state index in [0.29, 0.717) is 0 Å². The molecule has 0 radical (unpaired) electrons. The van der Waals surface area contributed by atoms with Crippen molar-refractivity contribution in [3.05, 3.63) is 29.8 Å². The average molecular weight is 201 g/mol. The van der Waals surface area contributed by atoms with Gasteiger partial charge in [0, 0.05) is 0 Å². The molecule has 74 valence electrons. The molecule has 0 fully saturated rings. The van der Waals surface area contributed by atoms with Crippen molar-refractivity contribution < 1.29 is 18.3 Å². The number of rotatable bonds is 1. The maximum absolute atomic E-state index is 12.2. The molecule has 1 atom stereocenters. The van der Waals surface area contributed by atoms with E-state index in [-0.39, 0.29) is 11.3 Å². The van der Waals surface area contributed by atoms with Crippen LogP contribution >= 0.6 is 0 Å². The molecule has 0 amide bonds. The second-order valence-corrected chi connectivity index (χ2v) is 2.70. The number of hydrogen-bond donors (Lipinski definition) is 1. The first-order valence-corrected chi connectivity index (χ1v) is 3.70. The van der Waals surface area contributed by atoms with E-state index in [4.69, 9.17) is 10.4 Å². The van der Waals surface area contributed by atoms with E-state index in [2.05, 4.69) is 0 Å². The van der Waals surface area contributed by atoms with Crippen molar-refractivity contribution in [3.63, 3.8) is 0 Å². The van der Waals surface area contributed by atoms with Gasteiger partial charge in [-0.3, -0.25) is 0 Å². The molecule has 1 aromatic carbocycles. The van der Waals surface area contributed by atoms with Crippen LogP contribution in [0.25, 0.3) is 0 Å². The van der Waals surface area contributed by atoms with E-state index in [9.17, 15) is 13.2 Å². The van der Waals surface area contributed by atoms with Crippen LogP contribution in [0.4, 0.5) is 13.2 Å². The largest absolute Gasteiger partial charge is 0.508 e. The fourth-order valence-electron chi connectivity index (χ4n) is 1.00. The molecule has 0 aliphatic rings. The van der Waals surface area contributed by atoms with Crippen LogP contribution in [-0.4, -0.2) is 11.3 Å². The Hall–Kier alpha value is -1.70. The van der Waals surface area contributed by atoms with E-state index in [0.717, 1.165) is 24.3 Å². The summed E-state index contributed by atoms with van der Waals surface area (Å²) < 4.78 is 36.7. The molecule has 0 bridgehead atoms. The molecule has 0 aliphatic carbocycles. The Balaban J connectivity index is 3.04. The zero-order chi connectivity index (χ0) is 10.8. The van der Waals surface area contributed by atoms with E-state index < -0.39 is 12.1 Å². The normalized spacial score (nSPS) is 13.3. The fraction of sp³-hybridized carbons (Fsp3) is 0.222. The first kappa shape index (κ1) is 10.4. The number of nitrogens with zero attached hydrogens (tertiary/aromatic N) is 1. The summed E-state index contributed by atoms with van der Waals surface area (Å²) in [5.74, 6) is -2.27. The van der Waals surface area contributed by atoms with Crippen molar-refractivity contribution in [2.24, 2.45) is 0 Å². The summed E-state index contributed by atoms with van der Waals surface area (Å²) in [7, 11) is 0. The predicted molar refractivity (Wildman–Crippen MR) is 42.5 cm³/mol. The molecule has 1 N–H and O–H groups in total.